The Balaban J connectivity index is 2.65. The molecule has 150 valence electrons. The third-order valence-electron chi connectivity index (χ3n) is 4.10. The standard InChI is InChI=1S/C20H30N2O5/c1-5-17-8-6-9-18(12-17)27-14-19(24)22(11-7-10-21-16(3)23)13-15(2)20(25)26-4/h6,8-9,12,15H,5,7,10-11,13-14H2,1-4H3,(H,21,23). The van der Waals surface area contributed by atoms with Gasteiger partial charge in [0.2, 0.25) is 5.91 Å². The van der Waals surface area contributed by atoms with Crippen LogP contribution >= 0.6 is 0 Å². The average molecular weight is 378 g/mol. The molecule has 1 rings (SSSR count). The minimum absolute atomic E-state index is 0.110. The zero-order valence-electron chi connectivity index (χ0n) is 16.6. The molecule has 0 saturated carbocycles. The van der Waals surface area contributed by atoms with Crippen molar-refractivity contribution >= 4 is 17.8 Å². The highest BCUT2D eigenvalue weighted by Gasteiger charge is 2.21. The average Bonchev–Trinajstić information content (AvgIpc) is 2.67. The normalized spacial score (nSPS) is 11.4. The van der Waals surface area contributed by atoms with E-state index >= 15 is 0 Å². The minimum atomic E-state index is -0.442. The molecule has 7 nitrogen and oxygen atoms in total. The van der Waals surface area contributed by atoms with Gasteiger partial charge in [0.1, 0.15) is 5.75 Å². The van der Waals surface area contributed by atoms with Gasteiger partial charge in [-0.15, -0.1) is 0 Å². The van der Waals surface area contributed by atoms with Crippen molar-refractivity contribution in [2.45, 2.75) is 33.6 Å². The Kier molecular flexibility index (Phi) is 9.93. The summed E-state index contributed by atoms with van der Waals surface area (Å²) in [7, 11) is 1.33. The highest BCUT2D eigenvalue weighted by molar-refractivity contribution is 5.79. The number of hydrogen-bond donors (Lipinski definition) is 1. The van der Waals surface area contributed by atoms with Gasteiger partial charge in [-0.3, -0.25) is 14.4 Å². The van der Waals surface area contributed by atoms with Crippen LogP contribution in [0.5, 0.6) is 5.75 Å². The summed E-state index contributed by atoms with van der Waals surface area (Å²) in [6.07, 6.45) is 1.47. The first kappa shape index (κ1) is 22.5. The third kappa shape index (κ3) is 8.57. The Labute approximate surface area is 161 Å². The number of amides is 2. The van der Waals surface area contributed by atoms with Crippen LogP contribution in [0.15, 0.2) is 24.3 Å². The lowest BCUT2D eigenvalue weighted by Crippen LogP contribution is -2.41. The highest BCUT2D eigenvalue weighted by Crippen LogP contribution is 2.14. The van der Waals surface area contributed by atoms with Crippen LogP contribution in [0.3, 0.4) is 0 Å². The Morgan fingerprint density at radius 2 is 2.00 bits per heavy atom. The van der Waals surface area contributed by atoms with Gasteiger partial charge in [0.15, 0.2) is 6.61 Å². The van der Waals surface area contributed by atoms with Crippen molar-refractivity contribution in [2.75, 3.05) is 33.4 Å². The Morgan fingerprint density at radius 1 is 1.26 bits per heavy atom. The van der Waals surface area contributed by atoms with Gasteiger partial charge < -0.3 is 19.7 Å². The number of methoxy groups -OCH3 is 1. The fourth-order valence-electron chi connectivity index (χ4n) is 2.55. The summed E-state index contributed by atoms with van der Waals surface area (Å²) in [5.41, 5.74) is 1.13. The van der Waals surface area contributed by atoms with Crippen molar-refractivity contribution < 1.29 is 23.9 Å². The van der Waals surface area contributed by atoms with E-state index in [2.05, 4.69) is 12.2 Å². The zero-order chi connectivity index (χ0) is 20.2. The lowest BCUT2D eigenvalue weighted by Gasteiger charge is -2.25. The third-order valence-corrected chi connectivity index (χ3v) is 4.10. The summed E-state index contributed by atoms with van der Waals surface area (Å²) in [5.74, 6) is -0.498. The van der Waals surface area contributed by atoms with Crippen LogP contribution in [0.2, 0.25) is 0 Å². The number of nitrogens with one attached hydrogen (secondary N) is 1. The van der Waals surface area contributed by atoms with Gasteiger partial charge in [0, 0.05) is 26.6 Å². The van der Waals surface area contributed by atoms with E-state index in [-0.39, 0.29) is 30.9 Å². The number of esters is 1. The number of hydrogen-bond acceptors (Lipinski definition) is 5. The number of rotatable bonds is 11. The van der Waals surface area contributed by atoms with E-state index in [1.54, 1.807) is 11.8 Å². The fourth-order valence-corrected chi connectivity index (χ4v) is 2.55. The van der Waals surface area contributed by atoms with Crippen molar-refractivity contribution in [3.63, 3.8) is 0 Å². The largest absolute Gasteiger partial charge is 0.484 e. The fraction of sp³-hybridized carbons (Fsp3) is 0.550. The van der Waals surface area contributed by atoms with Crippen LogP contribution in [0.4, 0.5) is 0 Å². The molecule has 0 aromatic heterocycles. The van der Waals surface area contributed by atoms with Gasteiger partial charge in [0.25, 0.3) is 5.91 Å². The van der Waals surface area contributed by atoms with Gasteiger partial charge in [0.05, 0.1) is 13.0 Å². The van der Waals surface area contributed by atoms with Crippen molar-refractivity contribution in [1.82, 2.24) is 10.2 Å². The summed E-state index contributed by atoms with van der Waals surface area (Å²) in [4.78, 5) is 36.8. The smallest absolute Gasteiger partial charge is 0.310 e. The molecule has 0 fully saturated rings. The molecule has 1 unspecified atom stereocenters. The molecule has 2 amide bonds. The highest BCUT2D eigenvalue weighted by atomic mass is 16.5. The molecular weight excluding hydrogens is 348 g/mol. The first-order valence-corrected chi connectivity index (χ1v) is 9.19. The van der Waals surface area contributed by atoms with Crippen LogP contribution in [-0.2, 0) is 25.5 Å². The van der Waals surface area contributed by atoms with Crippen LogP contribution in [-0.4, -0.2) is 56.0 Å². The maximum atomic E-state index is 12.6. The predicted octanol–water partition coefficient (Wildman–Crippen LogP) is 1.79. The second-order valence-corrected chi connectivity index (χ2v) is 6.39. The number of nitrogens with zero attached hydrogens (tertiary/aromatic N) is 1. The number of carbonyl (C=O) groups excluding carboxylic acids is 3. The molecule has 1 atom stereocenters. The summed E-state index contributed by atoms with van der Waals surface area (Å²) >= 11 is 0. The minimum Gasteiger partial charge on any atom is -0.484 e. The Bertz CT molecular complexity index is 633. The van der Waals surface area contributed by atoms with Gasteiger partial charge in [-0.2, -0.15) is 0 Å². The molecule has 0 heterocycles. The lowest BCUT2D eigenvalue weighted by atomic mass is 10.1. The van der Waals surface area contributed by atoms with Crippen LogP contribution in [0.1, 0.15) is 32.8 Å². The molecule has 0 bridgehead atoms. The number of carbonyl (C=O) groups is 3. The summed E-state index contributed by atoms with van der Waals surface area (Å²) in [6.45, 7) is 6.22. The molecular formula is C20H30N2O5. The van der Waals surface area contributed by atoms with Crippen molar-refractivity contribution in [3.8, 4) is 5.75 Å². The molecule has 27 heavy (non-hydrogen) atoms. The van der Waals surface area contributed by atoms with Crippen molar-refractivity contribution in [3.05, 3.63) is 29.8 Å². The predicted molar refractivity (Wildman–Crippen MR) is 102 cm³/mol. The first-order valence-electron chi connectivity index (χ1n) is 9.19. The molecule has 0 spiro atoms. The van der Waals surface area contributed by atoms with Crippen LogP contribution in [0.25, 0.3) is 0 Å². The quantitative estimate of drug-likeness (QED) is 0.469. The van der Waals surface area contributed by atoms with Gasteiger partial charge in [-0.25, -0.2) is 0 Å². The van der Waals surface area contributed by atoms with Gasteiger partial charge >= 0.3 is 5.97 Å². The molecule has 0 saturated heterocycles. The molecule has 0 radical (unpaired) electrons. The summed E-state index contributed by atoms with van der Waals surface area (Å²) in [5, 5.41) is 2.70. The second-order valence-electron chi connectivity index (χ2n) is 6.39. The van der Waals surface area contributed by atoms with E-state index in [0.29, 0.717) is 25.3 Å². The summed E-state index contributed by atoms with van der Waals surface area (Å²) in [6, 6.07) is 7.61. The van der Waals surface area contributed by atoms with E-state index in [1.165, 1.54) is 14.0 Å². The topological polar surface area (TPSA) is 84.9 Å². The summed E-state index contributed by atoms with van der Waals surface area (Å²) < 4.78 is 10.4. The lowest BCUT2D eigenvalue weighted by molar-refractivity contribution is -0.146. The maximum absolute atomic E-state index is 12.6. The van der Waals surface area contributed by atoms with Crippen LogP contribution < -0.4 is 10.1 Å². The number of ether oxygens (including phenoxy) is 2. The monoisotopic (exact) mass is 378 g/mol. The number of benzene rings is 1. The van der Waals surface area contributed by atoms with Crippen molar-refractivity contribution in [2.24, 2.45) is 5.92 Å². The Morgan fingerprint density at radius 3 is 2.63 bits per heavy atom. The van der Waals surface area contributed by atoms with E-state index in [9.17, 15) is 14.4 Å². The van der Waals surface area contributed by atoms with Gasteiger partial charge in [-0.05, 0) is 30.5 Å². The van der Waals surface area contributed by atoms with E-state index in [4.69, 9.17) is 9.47 Å². The van der Waals surface area contributed by atoms with E-state index < -0.39 is 5.92 Å². The first-order chi connectivity index (χ1) is 12.9. The molecule has 0 aliphatic rings. The second kappa shape index (κ2) is 11.9. The van der Waals surface area contributed by atoms with Crippen molar-refractivity contribution in [1.29, 1.82) is 0 Å². The Hall–Kier alpha value is -2.57. The number of aryl methyl sites for hydroxylation is 1. The molecule has 0 aliphatic heterocycles. The zero-order valence-corrected chi connectivity index (χ0v) is 16.6. The van der Waals surface area contributed by atoms with Gasteiger partial charge in [-0.1, -0.05) is 26.0 Å². The maximum Gasteiger partial charge on any atom is 0.310 e. The molecule has 1 aromatic carbocycles. The van der Waals surface area contributed by atoms with E-state index in [0.717, 1.165) is 12.0 Å². The van der Waals surface area contributed by atoms with E-state index in [1.807, 2.05) is 24.3 Å². The molecule has 1 aromatic rings. The molecule has 0 aliphatic carbocycles. The SMILES string of the molecule is CCc1cccc(OCC(=O)N(CCCNC(C)=O)CC(C)C(=O)OC)c1. The molecule has 1 N–H and O–H groups in total. The van der Waals surface area contributed by atoms with Crippen LogP contribution in [0, 0.1) is 5.92 Å². The molecule has 7 heteroatoms.